The Bertz CT molecular complexity index is 444. The molecular weight excluding hydrogens is 374 g/mol. The lowest BCUT2D eigenvalue weighted by Gasteiger charge is -2.20. The number of carboxylic acid groups (broad SMARTS) is 1. The fourth-order valence-corrected chi connectivity index (χ4v) is 3.87. The van der Waals surface area contributed by atoms with Gasteiger partial charge in [-0.1, -0.05) is 89.7 Å². The van der Waals surface area contributed by atoms with Gasteiger partial charge in [-0.15, -0.1) is 0 Å². The van der Waals surface area contributed by atoms with Gasteiger partial charge in [0.15, 0.2) is 0 Å². The van der Waals surface area contributed by atoms with Crippen molar-refractivity contribution in [2.75, 3.05) is 13.1 Å². The molecule has 0 rings (SSSR count). The number of nitrogens with zero attached hydrogens (tertiary/aromatic N) is 1. The molecule has 0 aromatic rings. The first-order valence-electron chi connectivity index (χ1n) is 12.7. The summed E-state index contributed by atoms with van der Waals surface area (Å²) in [6.07, 6.45) is 23.1. The van der Waals surface area contributed by atoms with Gasteiger partial charge in [-0.3, -0.25) is 9.59 Å². The van der Waals surface area contributed by atoms with Crippen molar-refractivity contribution in [2.24, 2.45) is 5.92 Å². The van der Waals surface area contributed by atoms with Gasteiger partial charge >= 0.3 is 5.97 Å². The summed E-state index contributed by atoms with van der Waals surface area (Å²) in [4.78, 5) is 25.3. The van der Waals surface area contributed by atoms with Crippen LogP contribution < -0.4 is 0 Å². The third-order valence-corrected chi connectivity index (χ3v) is 5.96. The van der Waals surface area contributed by atoms with Gasteiger partial charge < -0.3 is 10.0 Å². The van der Waals surface area contributed by atoms with Crippen LogP contribution in [0.4, 0.5) is 0 Å². The van der Waals surface area contributed by atoms with Gasteiger partial charge in [-0.2, -0.15) is 0 Å². The van der Waals surface area contributed by atoms with E-state index in [1.807, 2.05) is 13.8 Å². The molecule has 0 aromatic heterocycles. The fourth-order valence-electron chi connectivity index (χ4n) is 3.87. The lowest BCUT2D eigenvalue weighted by molar-refractivity contribution is -0.146. The van der Waals surface area contributed by atoms with Crippen LogP contribution in [0.5, 0.6) is 0 Å². The molecule has 0 aliphatic rings. The standard InChI is InChI=1S/C26H49NO3/c1-4-7-8-9-10-11-12-13-14-15-16-17-18-19-20-21-22-24(26(29)30)23-25(28)27(5-2)6-3/h19-20,24H,4-18,21-23H2,1-3H3,(H,29,30)/b20-19+. The van der Waals surface area contributed by atoms with Crippen LogP contribution in [0.1, 0.15) is 124 Å². The van der Waals surface area contributed by atoms with Crippen molar-refractivity contribution in [3.05, 3.63) is 12.2 Å². The average molecular weight is 424 g/mol. The fraction of sp³-hybridized carbons (Fsp3) is 0.846. The summed E-state index contributed by atoms with van der Waals surface area (Å²) in [6.45, 7) is 7.40. The Labute approximate surface area is 186 Å². The zero-order chi connectivity index (χ0) is 22.5. The second kappa shape index (κ2) is 20.9. The first-order valence-corrected chi connectivity index (χ1v) is 12.7. The highest BCUT2D eigenvalue weighted by molar-refractivity contribution is 5.82. The monoisotopic (exact) mass is 423 g/mol. The van der Waals surface area contributed by atoms with Crippen molar-refractivity contribution in [1.82, 2.24) is 4.90 Å². The van der Waals surface area contributed by atoms with Crippen molar-refractivity contribution in [3.8, 4) is 0 Å². The van der Waals surface area contributed by atoms with Gasteiger partial charge in [0.25, 0.3) is 0 Å². The number of hydrogen-bond donors (Lipinski definition) is 1. The van der Waals surface area contributed by atoms with Crippen molar-refractivity contribution in [3.63, 3.8) is 0 Å². The van der Waals surface area contributed by atoms with E-state index < -0.39 is 11.9 Å². The number of rotatable bonds is 21. The highest BCUT2D eigenvalue weighted by Crippen LogP contribution is 2.15. The maximum atomic E-state index is 12.1. The summed E-state index contributed by atoms with van der Waals surface area (Å²) in [5.41, 5.74) is 0. The lowest BCUT2D eigenvalue weighted by atomic mass is 9.98. The molecule has 1 amide bonds. The van der Waals surface area contributed by atoms with E-state index in [-0.39, 0.29) is 12.3 Å². The number of carbonyl (C=O) groups is 2. The van der Waals surface area contributed by atoms with Crippen LogP contribution in [0.15, 0.2) is 12.2 Å². The maximum absolute atomic E-state index is 12.1. The Hall–Kier alpha value is -1.32. The van der Waals surface area contributed by atoms with Crippen molar-refractivity contribution in [1.29, 1.82) is 0 Å². The molecule has 0 aliphatic heterocycles. The Balaban J connectivity index is 3.66. The quantitative estimate of drug-likeness (QED) is 0.155. The summed E-state index contributed by atoms with van der Waals surface area (Å²) in [5, 5.41) is 9.38. The molecule has 176 valence electrons. The zero-order valence-electron chi connectivity index (χ0n) is 20.2. The van der Waals surface area contributed by atoms with Gasteiger partial charge in [0.05, 0.1) is 5.92 Å². The number of carboxylic acids is 1. The van der Waals surface area contributed by atoms with Crippen LogP contribution in [0, 0.1) is 5.92 Å². The smallest absolute Gasteiger partial charge is 0.307 e. The Kier molecular flexibility index (Phi) is 20.0. The van der Waals surface area contributed by atoms with Crippen LogP contribution in [0.25, 0.3) is 0 Å². The molecule has 0 bridgehead atoms. The van der Waals surface area contributed by atoms with Crippen LogP contribution in [0.3, 0.4) is 0 Å². The van der Waals surface area contributed by atoms with E-state index in [9.17, 15) is 14.7 Å². The van der Waals surface area contributed by atoms with Crippen LogP contribution in [0.2, 0.25) is 0 Å². The van der Waals surface area contributed by atoms with Crippen LogP contribution in [-0.2, 0) is 9.59 Å². The summed E-state index contributed by atoms with van der Waals surface area (Å²) in [7, 11) is 0. The number of allylic oxidation sites excluding steroid dienone is 2. The Morgan fingerprint density at radius 1 is 0.733 bits per heavy atom. The highest BCUT2D eigenvalue weighted by Gasteiger charge is 2.22. The minimum atomic E-state index is -0.857. The first kappa shape index (κ1) is 28.7. The second-order valence-electron chi connectivity index (χ2n) is 8.53. The topological polar surface area (TPSA) is 57.6 Å². The largest absolute Gasteiger partial charge is 0.481 e. The second-order valence-corrected chi connectivity index (χ2v) is 8.53. The summed E-state index contributed by atoms with van der Waals surface area (Å²) in [5.74, 6) is -1.48. The summed E-state index contributed by atoms with van der Waals surface area (Å²) >= 11 is 0. The lowest BCUT2D eigenvalue weighted by Crippen LogP contribution is -2.33. The summed E-state index contributed by atoms with van der Waals surface area (Å²) in [6, 6.07) is 0. The van der Waals surface area contributed by atoms with E-state index >= 15 is 0 Å². The molecule has 0 saturated heterocycles. The minimum Gasteiger partial charge on any atom is -0.481 e. The first-order chi connectivity index (χ1) is 14.6. The van der Waals surface area contributed by atoms with E-state index in [0.717, 1.165) is 12.8 Å². The number of aliphatic carboxylic acids is 1. The normalized spacial score (nSPS) is 12.4. The molecule has 30 heavy (non-hydrogen) atoms. The molecule has 0 heterocycles. The maximum Gasteiger partial charge on any atom is 0.307 e. The predicted molar refractivity (Wildman–Crippen MR) is 128 cm³/mol. The predicted octanol–water partition coefficient (Wildman–Crippen LogP) is 7.37. The van der Waals surface area contributed by atoms with Gasteiger partial charge in [-0.05, 0) is 39.5 Å². The molecule has 4 nitrogen and oxygen atoms in total. The third-order valence-electron chi connectivity index (χ3n) is 5.96. The zero-order valence-corrected chi connectivity index (χ0v) is 20.2. The van der Waals surface area contributed by atoms with Gasteiger partial charge in [-0.25, -0.2) is 0 Å². The molecule has 0 aromatic carbocycles. The SMILES string of the molecule is CCCCCCCCCCCCCC/C=C/CCC(CC(=O)N(CC)CC)C(=O)O. The van der Waals surface area contributed by atoms with Crippen LogP contribution in [-0.4, -0.2) is 35.0 Å². The van der Waals surface area contributed by atoms with E-state index in [1.165, 1.54) is 77.0 Å². The van der Waals surface area contributed by atoms with Gasteiger partial charge in [0, 0.05) is 19.5 Å². The molecule has 0 radical (unpaired) electrons. The molecule has 1 unspecified atom stereocenters. The average Bonchev–Trinajstić information content (AvgIpc) is 2.73. The minimum absolute atomic E-state index is 0.0483. The molecule has 0 spiro atoms. The van der Waals surface area contributed by atoms with Gasteiger partial charge in [0.1, 0.15) is 0 Å². The number of amides is 1. The molecule has 1 atom stereocenters. The number of unbranched alkanes of at least 4 members (excludes halogenated alkanes) is 12. The number of hydrogen-bond acceptors (Lipinski definition) is 2. The van der Waals surface area contributed by atoms with E-state index in [1.54, 1.807) is 4.90 Å². The van der Waals surface area contributed by atoms with Crippen molar-refractivity contribution in [2.45, 2.75) is 124 Å². The molecule has 4 heteroatoms. The van der Waals surface area contributed by atoms with E-state index in [4.69, 9.17) is 0 Å². The van der Waals surface area contributed by atoms with Crippen molar-refractivity contribution < 1.29 is 14.7 Å². The third kappa shape index (κ3) is 16.5. The van der Waals surface area contributed by atoms with E-state index in [2.05, 4.69) is 19.1 Å². The number of carbonyl (C=O) groups excluding carboxylic acids is 1. The molecular formula is C26H49NO3. The Morgan fingerprint density at radius 2 is 1.20 bits per heavy atom. The van der Waals surface area contributed by atoms with Crippen molar-refractivity contribution >= 4 is 11.9 Å². The molecule has 0 saturated carbocycles. The highest BCUT2D eigenvalue weighted by atomic mass is 16.4. The Morgan fingerprint density at radius 3 is 1.67 bits per heavy atom. The molecule has 0 aliphatic carbocycles. The van der Waals surface area contributed by atoms with Gasteiger partial charge in [0.2, 0.25) is 5.91 Å². The summed E-state index contributed by atoms with van der Waals surface area (Å²) < 4.78 is 0. The molecule has 1 N–H and O–H groups in total. The van der Waals surface area contributed by atoms with E-state index in [0.29, 0.717) is 19.5 Å². The van der Waals surface area contributed by atoms with Crippen LogP contribution >= 0.6 is 0 Å². The molecule has 0 fully saturated rings.